The Morgan fingerprint density at radius 1 is 1.00 bits per heavy atom. The van der Waals surface area contributed by atoms with Crippen molar-refractivity contribution in [1.82, 2.24) is 0 Å². The Morgan fingerprint density at radius 2 is 1.50 bits per heavy atom. The first kappa shape index (κ1) is 13.2. The quantitative estimate of drug-likeness (QED) is 0.670. The van der Waals surface area contributed by atoms with E-state index in [-0.39, 0.29) is 16.5 Å². The van der Waals surface area contributed by atoms with Crippen molar-refractivity contribution in [1.29, 1.82) is 5.41 Å². The minimum atomic E-state index is -0.994. The van der Waals surface area contributed by atoms with Crippen LogP contribution in [0.2, 0.25) is 0 Å². The third-order valence-electron chi connectivity index (χ3n) is 2.92. The fraction of sp³-hybridized carbons (Fsp3) is 0.643. The molecule has 1 unspecified atom stereocenters. The summed E-state index contributed by atoms with van der Waals surface area (Å²) >= 11 is 0. The number of nitrogens with one attached hydrogen (secondary N) is 1. The zero-order valence-electron chi connectivity index (χ0n) is 11.1. The molecular weight excluding hydrogens is 198 g/mol. The van der Waals surface area contributed by atoms with Crippen LogP contribution < -0.4 is 5.11 Å². The predicted octanol–water partition coefficient (Wildman–Crippen LogP) is 2.69. The predicted molar refractivity (Wildman–Crippen MR) is 66.6 cm³/mol. The molecule has 0 aromatic carbocycles. The number of allylic oxidation sites excluding steroid dienone is 2. The van der Waals surface area contributed by atoms with E-state index in [1.807, 2.05) is 26.8 Å². The highest BCUT2D eigenvalue weighted by Gasteiger charge is 2.27. The molecule has 0 bridgehead atoms. The molecule has 0 radical (unpaired) electrons. The minimum Gasteiger partial charge on any atom is -0.844 e. The fourth-order valence-corrected chi connectivity index (χ4v) is 1.74. The van der Waals surface area contributed by atoms with E-state index < -0.39 is 6.10 Å². The minimum absolute atomic E-state index is 0.0110. The van der Waals surface area contributed by atoms with Crippen molar-refractivity contribution in [3.63, 3.8) is 0 Å². The number of hydrogen-bond acceptors (Lipinski definition) is 2. The Kier molecular flexibility index (Phi) is 3.17. The first-order chi connectivity index (χ1) is 7.03. The van der Waals surface area contributed by atoms with Crippen molar-refractivity contribution in [3.8, 4) is 0 Å². The lowest BCUT2D eigenvalue weighted by atomic mass is 9.74. The topological polar surface area (TPSA) is 46.9 Å². The Hall–Kier alpha value is -0.890. The Morgan fingerprint density at radius 3 is 1.88 bits per heavy atom. The normalized spacial score (nSPS) is 22.9. The molecule has 1 atom stereocenters. The highest BCUT2D eigenvalue weighted by atomic mass is 16.3. The van der Waals surface area contributed by atoms with E-state index in [1.54, 1.807) is 6.08 Å². The van der Waals surface area contributed by atoms with Crippen LogP contribution in [-0.2, 0) is 0 Å². The summed E-state index contributed by atoms with van der Waals surface area (Å²) in [5.74, 6) is 0. The maximum absolute atomic E-state index is 12.0. The molecule has 1 N–H and O–H groups in total. The van der Waals surface area contributed by atoms with Crippen LogP contribution in [0.5, 0.6) is 0 Å². The van der Waals surface area contributed by atoms with Crippen molar-refractivity contribution in [2.75, 3.05) is 0 Å². The summed E-state index contributed by atoms with van der Waals surface area (Å²) < 4.78 is 0. The third-order valence-corrected chi connectivity index (χ3v) is 2.92. The second kappa shape index (κ2) is 3.85. The SMILES string of the molecule is CC(C)(C)C1=CC(=N)C([O-])C(C(C)(C)C)=C1. The molecule has 0 aromatic heterocycles. The van der Waals surface area contributed by atoms with E-state index in [1.165, 1.54) is 0 Å². The van der Waals surface area contributed by atoms with Gasteiger partial charge in [0, 0.05) is 5.71 Å². The van der Waals surface area contributed by atoms with E-state index in [4.69, 9.17) is 5.41 Å². The summed E-state index contributed by atoms with van der Waals surface area (Å²) in [4.78, 5) is 0. The first-order valence-electron chi connectivity index (χ1n) is 5.72. The molecule has 2 heteroatoms. The largest absolute Gasteiger partial charge is 0.844 e. The van der Waals surface area contributed by atoms with Gasteiger partial charge >= 0.3 is 0 Å². The summed E-state index contributed by atoms with van der Waals surface area (Å²) in [7, 11) is 0. The van der Waals surface area contributed by atoms with Gasteiger partial charge in [0.05, 0.1) is 0 Å². The standard InChI is InChI=1S/C14H22NO/c1-13(2,3)9-7-10(14(4,5)6)12(16)11(15)8-9/h7-8,12,15H,1-6H3/q-1. The molecule has 16 heavy (non-hydrogen) atoms. The van der Waals surface area contributed by atoms with E-state index in [0.717, 1.165) is 11.1 Å². The second-order valence-corrected chi connectivity index (χ2v) is 6.53. The van der Waals surface area contributed by atoms with Gasteiger partial charge in [0.15, 0.2) is 0 Å². The van der Waals surface area contributed by atoms with E-state index in [9.17, 15) is 5.11 Å². The third kappa shape index (κ3) is 2.62. The highest BCUT2D eigenvalue weighted by molar-refractivity contribution is 6.00. The van der Waals surface area contributed by atoms with Gasteiger partial charge in [-0.2, -0.15) is 0 Å². The Balaban J connectivity index is 3.23. The Bertz CT molecular complexity index is 361. The van der Waals surface area contributed by atoms with Crippen LogP contribution in [0.25, 0.3) is 0 Å². The molecule has 90 valence electrons. The highest BCUT2D eigenvalue weighted by Crippen LogP contribution is 2.36. The molecule has 0 saturated heterocycles. The lowest BCUT2D eigenvalue weighted by Gasteiger charge is -2.39. The molecule has 1 rings (SSSR count). The molecule has 0 aromatic rings. The van der Waals surface area contributed by atoms with Crippen LogP contribution in [0, 0.1) is 16.2 Å². The average Bonchev–Trinajstić information content (AvgIpc) is 2.05. The lowest BCUT2D eigenvalue weighted by molar-refractivity contribution is -0.385. The maximum atomic E-state index is 12.0. The van der Waals surface area contributed by atoms with Gasteiger partial charge in [-0.1, -0.05) is 59.3 Å². The van der Waals surface area contributed by atoms with Gasteiger partial charge in [0.25, 0.3) is 0 Å². The maximum Gasteiger partial charge on any atom is 0.0222 e. The summed E-state index contributed by atoms with van der Waals surface area (Å²) in [6.45, 7) is 12.4. The number of rotatable bonds is 0. The summed E-state index contributed by atoms with van der Waals surface area (Å²) in [6.07, 6.45) is 2.73. The molecule has 0 fully saturated rings. The van der Waals surface area contributed by atoms with Crippen LogP contribution in [0.15, 0.2) is 23.3 Å². The number of hydrogen-bond donors (Lipinski definition) is 1. The molecule has 0 saturated carbocycles. The molecule has 0 spiro atoms. The zero-order chi connectivity index (χ0) is 12.7. The molecule has 2 nitrogen and oxygen atoms in total. The Labute approximate surface area is 98.6 Å². The van der Waals surface area contributed by atoms with Crippen molar-refractivity contribution < 1.29 is 5.11 Å². The van der Waals surface area contributed by atoms with Crippen LogP contribution in [0.4, 0.5) is 0 Å². The van der Waals surface area contributed by atoms with Crippen LogP contribution in [0.3, 0.4) is 0 Å². The van der Waals surface area contributed by atoms with Crippen LogP contribution in [0.1, 0.15) is 41.5 Å². The van der Waals surface area contributed by atoms with Gasteiger partial charge in [-0.15, -0.1) is 0 Å². The smallest absolute Gasteiger partial charge is 0.0222 e. The van der Waals surface area contributed by atoms with E-state index in [2.05, 4.69) is 20.8 Å². The van der Waals surface area contributed by atoms with Crippen molar-refractivity contribution in [2.45, 2.75) is 47.6 Å². The summed E-state index contributed by atoms with van der Waals surface area (Å²) in [5, 5.41) is 19.8. The van der Waals surface area contributed by atoms with Crippen LogP contribution >= 0.6 is 0 Å². The van der Waals surface area contributed by atoms with Gasteiger partial charge in [-0.05, 0) is 22.5 Å². The van der Waals surface area contributed by atoms with Gasteiger partial charge in [-0.25, -0.2) is 0 Å². The lowest BCUT2D eigenvalue weighted by Crippen LogP contribution is -2.41. The van der Waals surface area contributed by atoms with Crippen LogP contribution in [-0.4, -0.2) is 11.8 Å². The van der Waals surface area contributed by atoms with Gasteiger partial charge in [0.2, 0.25) is 0 Å². The molecular formula is C14H22NO-. The molecule has 0 heterocycles. The van der Waals surface area contributed by atoms with Gasteiger partial charge in [-0.3, -0.25) is 0 Å². The van der Waals surface area contributed by atoms with E-state index in [0.29, 0.717) is 0 Å². The zero-order valence-corrected chi connectivity index (χ0v) is 11.1. The molecule has 0 aliphatic heterocycles. The molecule has 0 amide bonds. The van der Waals surface area contributed by atoms with Crippen molar-refractivity contribution in [3.05, 3.63) is 23.3 Å². The summed E-state index contributed by atoms with van der Waals surface area (Å²) in [6, 6.07) is 0. The molecule has 1 aliphatic carbocycles. The fourth-order valence-electron chi connectivity index (χ4n) is 1.74. The second-order valence-electron chi connectivity index (χ2n) is 6.53. The van der Waals surface area contributed by atoms with E-state index >= 15 is 0 Å². The monoisotopic (exact) mass is 220 g/mol. The summed E-state index contributed by atoms with van der Waals surface area (Å²) in [5.41, 5.74) is 1.92. The molecule has 1 aliphatic rings. The first-order valence-corrected chi connectivity index (χ1v) is 5.72. The van der Waals surface area contributed by atoms with Crippen molar-refractivity contribution in [2.24, 2.45) is 10.8 Å². The van der Waals surface area contributed by atoms with Gasteiger partial charge < -0.3 is 10.5 Å². The van der Waals surface area contributed by atoms with Gasteiger partial charge in [0.1, 0.15) is 0 Å². The average molecular weight is 220 g/mol. The van der Waals surface area contributed by atoms with Crippen molar-refractivity contribution >= 4 is 5.71 Å².